The number of methoxy groups -OCH3 is 2. The van der Waals surface area contributed by atoms with E-state index in [1.54, 1.807) is 48.5 Å². The molecule has 3 rings (SSSR count). The van der Waals surface area contributed by atoms with Crippen molar-refractivity contribution in [1.29, 1.82) is 0 Å². The number of benzene rings is 2. The minimum atomic E-state index is -0.657. The molecule has 0 atom stereocenters. The fourth-order valence-corrected chi connectivity index (χ4v) is 2.69. The Morgan fingerprint density at radius 1 is 1.04 bits per heavy atom. The van der Waals surface area contributed by atoms with Gasteiger partial charge in [0.15, 0.2) is 11.5 Å². The molecule has 0 saturated heterocycles. The van der Waals surface area contributed by atoms with Crippen molar-refractivity contribution in [3.63, 3.8) is 0 Å². The van der Waals surface area contributed by atoms with Gasteiger partial charge in [-0.3, -0.25) is 4.79 Å². The third-order valence-corrected chi connectivity index (χ3v) is 4.13. The van der Waals surface area contributed by atoms with E-state index >= 15 is 0 Å². The molecule has 0 fully saturated rings. The van der Waals surface area contributed by atoms with Crippen molar-refractivity contribution in [2.75, 3.05) is 14.2 Å². The normalized spacial score (nSPS) is 10.5. The number of hydrogen-bond acceptors (Lipinski definition) is 5. The summed E-state index contributed by atoms with van der Waals surface area (Å²) < 4.78 is 12.3. The zero-order chi connectivity index (χ0) is 20.1. The summed E-state index contributed by atoms with van der Waals surface area (Å²) >= 11 is 0. The van der Waals surface area contributed by atoms with Gasteiger partial charge in [-0.25, -0.2) is 23.9 Å². The number of rotatable bonds is 7. The largest absolute Gasteiger partial charge is 0.493 e. The molecule has 1 heterocycles. The van der Waals surface area contributed by atoms with Crippen LogP contribution < -0.4 is 26.2 Å². The number of nitrogens with zero attached hydrogens (tertiary/aromatic N) is 2. The first-order valence-electron chi connectivity index (χ1n) is 8.48. The molecule has 1 amide bonds. The Labute approximate surface area is 160 Å². The average Bonchev–Trinajstić information content (AvgIpc) is 3.00. The van der Waals surface area contributed by atoms with Gasteiger partial charge in [0.05, 0.1) is 19.9 Å². The van der Waals surface area contributed by atoms with Crippen LogP contribution in [0.25, 0.3) is 5.69 Å². The van der Waals surface area contributed by atoms with E-state index < -0.39 is 17.3 Å². The molecule has 2 aromatic carbocycles. The number of carbonyl (C=O) groups is 1. The van der Waals surface area contributed by atoms with Gasteiger partial charge < -0.3 is 14.8 Å². The van der Waals surface area contributed by atoms with Crippen LogP contribution in [0.1, 0.15) is 5.56 Å². The maximum Gasteiger partial charge on any atom is 0.352 e. The molecule has 146 valence electrons. The van der Waals surface area contributed by atoms with E-state index in [0.717, 1.165) is 14.8 Å². The van der Waals surface area contributed by atoms with Gasteiger partial charge in [-0.15, -0.1) is 0 Å². The molecule has 0 aliphatic carbocycles. The summed E-state index contributed by atoms with van der Waals surface area (Å²) in [6, 6.07) is 13.9. The zero-order valence-corrected chi connectivity index (χ0v) is 15.5. The number of aromatic amines is 1. The highest BCUT2D eigenvalue weighted by Crippen LogP contribution is 2.27. The van der Waals surface area contributed by atoms with Gasteiger partial charge in [-0.2, -0.15) is 0 Å². The molecular formula is C19H20N4O5. The van der Waals surface area contributed by atoms with Gasteiger partial charge in [0.1, 0.15) is 6.54 Å². The molecule has 0 spiro atoms. The Morgan fingerprint density at radius 2 is 1.75 bits per heavy atom. The molecular weight excluding hydrogens is 364 g/mol. The molecule has 0 saturated carbocycles. The van der Waals surface area contributed by atoms with E-state index in [1.807, 2.05) is 0 Å². The molecule has 0 aliphatic heterocycles. The zero-order valence-electron chi connectivity index (χ0n) is 15.5. The summed E-state index contributed by atoms with van der Waals surface area (Å²) in [4.78, 5) is 36.7. The molecule has 9 nitrogen and oxygen atoms in total. The minimum Gasteiger partial charge on any atom is -0.493 e. The average molecular weight is 384 g/mol. The number of carbonyl (C=O) groups excluding carboxylic acids is 1. The van der Waals surface area contributed by atoms with Crippen molar-refractivity contribution in [3.05, 3.63) is 75.1 Å². The summed E-state index contributed by atoms with van der Waals surface area (Å²) in [7, 11) is 3.06. The minimum absolute atomic E-state index is 0.214. The highest BCUT2D eigenvalue weighted by Gasteiger charge is 2.14. The number of nitrogens with one attached hydrogen (secondary N) is 2. The second kappa shape index (κ2) is 8.30. The molecule has 0 aliphatic rings. The molecule has 0 radical (unpaired) electrons. The van der Waals surface area contributed by atoms with Crippen molar-refractivity contribution in [2.24, 2.45) is 0 Å². The lowest BCUT2D eigenvalue weighted by molar-refractivity contribution is -0.121. The molecule has 0 bridgehead atoms. The van der Waals surface area contributed by atoms with Crippen molar-refractivity contribution in [2.45, 2.75) is 13.1 Å². The second-order valence-corrected chi connectivity index (χ2v) is 5.92. The number of ether oxygens (including phenoxy) is 2. The lowest BCUT2D eigenvalue weighted by atomic mass is 10.2. The van der Waals surface area contributed by atoms with Gasteiger partial charge in [-0.05, 0) is 29.8 Å². The molecule has 1 aromatic heterocycles. The number of para-hydroxylation sites is 1. The number of H-pyrrole nitrogens is 1. The van der Waals surface area contributed by atoms with Crippen LogP contribution in [0.3, 0.4) is 0 Å². The first kappa shape index (κ1) is 19.0. The lowest BCUT2D eigenvalue weighted by Gasteiger charge is -2.10. The maximum atomic E-state index is 12.4. The Hall–Kier alpha value is -3.75. The molecule has 2 N–H and O–H groups in total. The van der Waals surface area contributed by atoms with Crippen LogP contribution in [-0.4, -0.2) is 34.5 Å². The maximum absolute atomic E-state index is 12.4. The van der Waals surface area contributed by atoms with Crippen molar-refractivity contribution >= 4 is 5.91 Å². The highest BCUT2D eigenvalue weighted by atomic mass is 16.5. The van der Waals surface area contributed by atoms with Crippen LogP contribution in [0.2, 0.25) is 0 Å². The quantitative estimate of drug-likeness (QED) is 0.622. The van der Waals surface area contributed by atoms with Gasteiger partial charge in [0.2, 0.25) is 5.91 Å². The van der Waals surface area contributed by atoms with Gasteiger partial charge in [0, 0.05) is 6.54 Å². The summed E-state index contributed by atoms with van der Waals surface area (Å²) in [5.74, 6) is 0.660. The van der Waals surface area contributed by atoms with Gasteiger partial charge in [-0.1, -0.05) is 24.3 Å². The van der Waals surface area contributed by atoms with Crippen LogP contribution in [0, 0.1) is 0 Å². The molecule has 9 heteroatoms. The Kier molecular flexibility index (Phi) is 5.64. The van der Waals surface area contributed by atoms with Crippen LogP contribution >= 0.6 is 0 Å². The fourth-order valence-electron chi connectivity index (χ4n) is 2.69. The number of hydrogen-bond donors (Lipinski definition) is 2. The summed E-state index contributed by atoms with van der Waals surface area (Å²) in [6.07, 6.45) is 0. The van der Waals surface area contributed by atoms with Crippen molar-refractivity contribution in [1.82, 2.24) is 19.7 Å². The standard InChI is InChI=1S/C19H20N4O5/c1-27-15-9-8-13(10-16(15)28-2)11-20-17(24)12-22-18(25)21-23(19(22)26)14-6-4-3-5-7-14/h3-10H,11-12H2,1-2H3,(H,20,24)(H,21,25). The van der Waals surface area contributed by atoms with Crippen LogP contribution in [-0.2, 0) is 17.9 Å². The first-order chi connectivity index (χ1) is 13.5. The number of amides is 1. The number of aromatic nitrogens is 3. The molecule has 0 unspecified atom stereocenters. The van der Waals surface area contributed by atoms with Crippen LogP contribution in [0.15, 0.2) is 58.1 Å². The first-order valence-corrected chi connectivity index (χ1v) is 8.48. The fraction of sp³-hybridized carbons (Fsp3) is 0.211. The topological polar surface area (TPSA) is 107 Å². The summed E-state index contributed by atoms with van der Waals surface area (Å²) in [5.41, 5.74) is 0.0239. The van der Waals surface area contributed by atoms with Gasteiger partial charge >= 0.3 is 11.4 Å². The molecule has 3 aromatic rings. The van der Waals surface area contributed by atoms with Crippen molar-refractivity contribution < 1.29 is 14.3 Å². The molecule has 28 heavy (non-hydrogen) atoms. The van der Waals surface area contributed by atoms with E-state index in [2.05, 4.69) is 10.4 Å². The Morgan fingerprint density at radius 3 is 2.43 bits per heavy atom. The van der Waals surface area contributed by atoms with Crippen LogP contribution in [0.4, 0.5) is 0 Å². The monoisotopic (exact) mass is 384 g/mol. The van der Waals surface area contributed by atoms with E-state index in [4.69, 9.17) is 9.47 Å². The smallest absolute Gasteiger partial charge is 0.352 e. The Balaban J connectivity index is 1.70. The summed E-state index contributed by atoms with van der Waals surface area (Å²) in [6.45, 7) is -0.174. The third kappa shape index (κ3) is 3.98. The highest BCUT2D eigenvalue weighted by molar-refractivity contribution is 5.75. The van der Waals surface area contributed by atoms with E-state index in [9.17, 15) is 14.4 Å². The van der Waals surface area contributed by atoms with Crippen molar-refractivity contribution in [3.8, 4) is 17.2 Å². The Bertz CT molecular complexity index is 1080. The predicted molar refractivity (Wildman–Crippen MR) is 102 cm³/mol. The SMILES string of the molecule is COc1ccc(CNC(=O)Cn2c(=O)[nH]n(-c3ccccc3)c2=O)cc1OC. The summed E-state index contributed by atoms with van der Waals surface area (Å²) in [5, 5.41) is 5.12. The lowest BCUT2D eigenvalue weighted by Crippen LogP contribution is -2.36. The van der Waals surface area contributed by atoms with Gasteiger partial charge in [0.25, 0.3) is 0 Å². The van der Waals surface area contributed by atoms with E-state index in [-0.39, 0.29) is 13.1 Å². The predicted octanol–water partition coefficient (Wildman–Crippen LogP) is 0.661. The van der Waals surface area contributed by atoms with E-state index in [1.165, 1.54) is 14.2 Å². The van der Waals surface area contributed by atoms with Crippen LogP contribution in [0.5, 0.6) is 11.5 Å². The van der Waals surface area contributed by atoms with E-state index in [0.29, 0.717) is 17.2 Å². The third-order valence-electron chi connectivity index (χ3n) is 4.13. The second-order valence-electron chi connectivity index (χ2n) is 5.92.